The van der Waals surface area contributed by atoms with Gasteiger partial charge in [0, 0.05) is 25.7 Å². The van der Waals surface area contributed by atoms with Crippen LogP contribution < -0.4 is 15.0 Å². The third-order valence-electron chi connectivity index (χ3n) is 2.66. The molecule has 0 saturated carbocycles. The lowest BCUT2D eigenvalue weighted by Gasteiger charge is -2.34. The number of carboxylic acids is 1. The first kappa shape index (κ1) is 11.6. The number of nitrogens with zero attached hydrogens (tertiary/aromatic N) is 3. The molecule has 1 aromatic rings. The van der Waals surface area contributed by atoms with Gasteiger partial charge in [-0.2, -0.15) is 0 Å². The van der Waals surface area contributed by atoms with Gasteiger partial charge in [-0.15, -0.1) is 0 Å². The molecule has 0 bridgehead atoms. The maximum absolute atomic E-state index is 11.1. The number of carboxylic acid groups (broad SMARTS) is 1. The number of hydrogen-bond donors (Lipinski definition) is 2. The Balaban J connectivity index is 2.26. The van der Waals surface area contributed by atoms with Gasteiger partial charge in [-0.1, -0.05) is 0 Å². The van der Waals surface area contributed by atoms with E-state index in [2.05, 4.69) is 15.3 Å². The highest BCUT2D eigenvalue weighted by Gasteiger charge is 2.29. The van der Waals surface area contributed by atoms with E-state index in [0.717, 1.165) is 6.54 Å². The maximum atomic E-state index is 11.1. The number of anilines is 1. The molecule has 1 saturated heterocycles. The van der Waals surface area contributed by atoms with Crippen LogP contribution in [0.25, 0.3) is 0 Å². The molecule has 0 radical (unpaired) electrons. The quantitative estimate of drug-likeness (QED) is 0.723. The summed E-state index contributed by atoms with van der Waals surface area (Å²) in [5.41, 5.74) is 0. The highest BCUT2D eigenvalue weighted by Crippen LogP contribution is 2.18. The number of methoxy groups -OCH3 is 1. The van der Waals surface area contributed by atoms with E-state index in [1.807, 2.05) is 0 Å². The molecule has 2 N–H and O–H groups in total. The predicted molar refractivity (Wildman–Crippen MR) is 60.2 cm³/mol. The Bertz CT molecular complexity index is 412. The van der Waals surface area contributed by atoms with E-state index >= 15 is 0 Å². The monoisotopic (exact) mass is 238 g/mol. The third kappa shape index (κ3) is 2.44. The topological polar surface area (TPSA) is 87.6 Å². The van der Waals surface area contributed by atoms with Crippen LogP contribution in [0.5, 0.6) is 5.88 Å². The number of nitrogens with one attached hydrogen (secondary N) is 1. The molecular weight excluding hydrogens is 224 g/mol. The molecule has 92 valence electrons. The first-order valence-electron chi connectivity index (χ1n) is 5.28. The van der Waals surface area contributed by atoms with Crippen molar-refractivity contribution in [2.75, 3.05) is 31.6 Å². The van der Waals surface area contributed by atoms with Gasteiger partial charge in [0.15, 0.2) is 0 Å². The molecule has 1 unspecified atom stereocenters. The van der Waals surface area contributed by atoms with Gasteiger partial charge in [-0.3, -0.25) is 0 Å². The second-order valence-electron chi connectivity index (χ2n) is 3.67. The van der Waals surface area contributed by atoms with Crippen LogP contribution in [0.1, 0.15) is 0 Å². The average molecular weight is 238 g/mol. The molecule has 1 atom stereocenters. The van der Waals surface area contributed by atoms with Gasteiger partial charge < -0.3 is 20.1 Å². The summed E-state index contributed by atoms with van der Waals surface area (Å²) in [7, 11) is 1.51. The van der Waals surface area contributed by atoms with E-state index in [1.165, 1.54) is 13.4 Å². The Labute approximate surface area is 98.4 Å². The van der Waals surface area contributed by atoms with Crippen molar-refractivity contribution in [2.24, 2.45) is 0 Å². The lowest BCUT2D eigenvalue weighted by molar-refractivity contribution is -0.138. The lowest BCUT2D eigenvalue weighted by Crippen LogP contribution is -2.55. The van der Waals surface area contributed by atoms with Crippen molar-refractivity contribution in [2.45, 2.75) is 6.04 Å². The number of aromatic nitrogens is 2. The first-order valence-corrected chi connectivity index (χ1v) is 5.28. The summed E-state index contributed by atoms with van der Waals surface area (Å²) in [5, 5.41) is 12.2. The number of aliphatic carboxylic acids is 1. The number of ether oxygens (including phenoxy) is 1. The third-order valence-corrected chi connectivity index (χ3v) is 2.66. The second kappa shape index (κ2) is 4.96. The van der Waals surface area contributed by atoms with Crippen molar-refractivity contribution >= 4 is 11.8 Å². The van der Waals surface area contributed by atoms with Crippen molar-refractivity contribution in [3.05, 3.63) is 12.4 Å². The highest BCUT2D eigenvalue weighted by molar-refractivity contribution is 5.78. The van der Waals surface area contributed by atoms with E-state index in [-0.39, 0.29) is 0 Å². The summed E-state index contributed by atoms with van der Waals surface area (Å²) >= 11 is 0. The Morgan fingerprint density at radius 2 is 2.47 bits per heavy atom. The number of rotatable bonds is 3. The molecule has 17 heavy (non-hydrogen) atoms. The standard InChI is InChI=1S/C10H14N4O3/c1-17-9-4-8(12-6-13-9)14-3-2-11-5-7(14)10(15)16/h4,6-7,11H,2-3,5H2,1H3,(H,15,16). The van der Waals surface area contributed by atoms with Gasteiger partial charge in [0.05, 0.1) is 7.11 Å². The first-order chi connectivity index (χ1) is 8.22. The van der Waals surface area contributed by atoms with Crippen LogP contribution in [-0.2, 0) is 4.79 Å². The minimum atomic E-state index is -0.866. The molecule has 2 rings (SSSR count). The Morgan fingerprint density at radius 1 is 1.65 bits per heavy atom. The molecule has 0 aliphatic carbocycles. The molecule has 0 amide bonds. The SMILES string of the molecule is COc1cc(N2CCNCC2C(=O)O)ncn1. The van der Waals surface area contributed by atoms with Gasteiger partial charge in [-0.05, 0) is 0 Å². The Hall–Kier alpha value is -1.89. The molecule has 1 aliphatic rings. The number of carbonyl (C=O) groups is 1. The van der Waals surface area contributed by atoms with Crippen molar-refractivity contribution in [3.8, 4) is 5.88 Å². The second-order valence-corrected chi connectivity index (χ2v) is 3.67. The molecule has 2 heterocycles. The fraction of sp³-hybridized carbons (Fsp3) is 0.500. The van der Waals surface area contributed by atoms with Gasteiger partial charge in [0.1, 0.15) is 18.2 Å². The summed E-state index contributed by atoms with van der Waals surface area (Å²) in [6.45, 7) is 1.73. The summed E-state index contributed by atoms with van der Waals surface area (Å²) < 4.78 is 5.00. The Morgan fingerprint density at radius 3 is 3.18 bits per heavy atom. The van der Waals surface area contributed by atoms with Crippen molar-refractivity contribution < 1.29 is 14.6 Å². The van der Waals surface area contributed by atoms with Gasteiger partial charge in [0.2, 0.25) is 5.88 Å². The molecule has 7 heteroatoms. The van der Waals surface area contributed by atoms with Crippen LogP contribution in [0, 0.1) is 0 Å². The Kier molecular flexibility index (Phi) is 3.38. The van der Waals surface area contributed by atoms with Gasteiger partial charge in [-0.25, -0.2) is 14.8 Å². The zero-order chi connectivity index (χ0) is 12.3. The lowest BCUT2D eigenvalue weighted by atomic mass is 10.2. The van der Waals surface area contributed by atoms with E-state index in [4.69, 9.17) is 9.84 Å². The van der Waals surface area contributed by atoms with E-state index in [1.54, 1.807) is 11.0 Å². The minimum absolute atomic E-state index is 0.404. The smallest absolute Gasteiger partial charge is 0.327 e. The van der Waals surface area contributed by atoms with Crippen LogP contribution in [0.15, 0.2) is 12.4 Å². The van der Waals surface area contributed by atoms with Crippen LogP contribution >= 0.6 is 0 Å². The molecule has 0 aromatic carbocycles. The predicted octanol–water partition coefficient (Wildman–Crippen LogP) is -0.652. The fourth-order valence-corrected chi connectivity index (χ4v) is 1.80. The average Bonchev–Trinajstić information content (AvgIpc) is 2.39. The molecule has 0 spiro atoms. The summed E-state index contributed by atoms with van der Waals surface area (Å²) in [4.78, 5) is 20.9. The van der Waals surface area contributed by atoms with Crippen molar-refractivity contribution in [3.63, 3.8) is 0 Å². The van der Waals surface area contributed by atoms with Crippen LogP contribution in [0.3, 0.4) is 0 Å². The summed E-state index contributed by atoms with van der Waals surface area (Å²) in [6, 6.07) is 1.03. The minimum Gasteiger partial charge on any atom is -0.481 e. The van der Waals surface area contributed by atoms with Gasteiger partial charge in [0.25, 0.3) is 0 Å². The van der Waals surface area contributed by atoms with Crippen molar-refractivity contribution in [1.82, 2.24) is 15.3 Å². The van der Waals surface area contributed by atoms with E-state index in [0.29, 0.717) is 24.8 Å². The zero-order valence-electron chi connectivity index (χ0n) is 9.46. The van der Waals surface area contributed by atoms with Crippen molar-refractivity contribution in [1.29, 1.82) is 0 Å². The maximum Gasteiger partial charge on any atom is 0.327 e. The molecule has 1 aromatic heterocycles. The molecule has 7 nitrogen and oxygen atoms in total. The highest BCUT2D eigenvalue weighted by atomic mass is 16.5. The fourth-order valence-electron chi connectivity index (χ4n) is 1.80. The molecular formula is C10H14N4O3. The van der Waals surface area contributed by atoms with Gasteiger partial charge >= 0.3 is 5.97 Å². The summed E-state index contributed by atoms with van der Waals surface area (Å²) in [5.74, 6) is 0.137. The van der Waals surface area contributed by atoms with E-state index in [9.17, 15) is 4.79 Å². The normalized spacial score (nSPS) is 20.1. The number of hydrogen-bond acceptors (Lipinski definition) is 6. The summed E-state index contributed by atoms with van der Waals surface area (Å²) in [6.07, 6.45) is 1.37. The van der Waals surface area contributed by atoms with Crippen LogP contribution in [0.2, 0.25) is 0 Å². The zero-order valence-corrected chi connectivity index (χ0v) is 9.46. The van der Waals surface area contributed by atoms with Crippen LogP contribution in [0.4, 0.5) is 5.82 Å². The van der Waals surface area contributed by atoms with E-state index < -0.39 is 12.0 Å². The molecule has 1 fully saturated rings. The largest absolute Gasteiger partial charge is 0.481 e. The van der Waals surface area contributed by atoms with Crippen LogP contribution in [-0.4, -0.2) is 53.8 Å². The number of piperazine rings is 1. The molecule has 1 aliphatic heterocycles.